The number of nitrogens with zero attached hydrogens (tertiary/aromatic N) is 2. The van der Waals surface area contributed by atoms with E-state index in [1.165, 1.54) is 11.3 Å². The molecule has 3 rings (SSSR count). The first kappa shape index (κ1) is 10.3. The molecular weight excluding hydrogens is 212 g/mol. The van der Waals surface area contributed by atoms with Crippen molar-refractivity contribution < 1.29 is 0 Å². The second kappa shape index (κ2) is 4.20. The van der Waals surface area contributed by atoms with Gasteiger partial charge < -0.3 is 11.1 Å². The fourth-order valence-corrected chi connectivity index (χ4v) is 2.35. The second-order valence-electron chi connectivity index (χ2n) is 4.39. The maximum atomic E-state index is 5.87. The van der Waals surface area contributed by atoms with Gasteiger partial charge in [-0.25, -0.2) is 0 Å². The summed E-state index contributed by atoms with van der Waals surface area (Å²) < 4.78 is 0. The molecule has 0 saturated carbocycles. The summed E-state index contributed by atoms with van der Waals surface area (Å²) in [5.74, 6) is 0.960. The summed E-state index contributed by atoms with van der Waals surface area (Å²) >= 11 is 0. The molecule has 0 radical (unpaired) electrons. The van der Waals surface area contributed by atoms with Crippen molar-refractivity contribution in [2.24, 2.45) is 9.98 Å². The molecule has 2 heterocycles. The molecule has 2 aliphatic heterocycles. The van der Waals surface area contributed by atoms with E-state index < -0.39 is 0 Å². The van der Waals surface area contributed by atoms with E-state index in [0.29, 0.717) is 0 Å². The lowest BCUT2D eigenvalue weighted by atomic mass is 9.99. The Bertz CT molecular complexity index is 502. The molecule has 0 atom stereocenters. The van der Waals surface area contributed by atoms with Crippen molar-refractivity contribution in [2.75, 3.05) is 25.4 Å². The molecule has 3 N–H and O–H groups in total. The van der Waals surface area contributed by atoms with E-state index in [1.807, 2.05) is 12.1 Å². The van der Waals surface area contributed by atoms with Crippen molar-refractivity contribution in [1.29, 1.82) is 0 Å². The van der Waals surface area contributed by atoms with Gasteiger partial charge in [0.25, 0.3) is 0 Å². The zero-order chi connectivity index (χ0) is 11.7. The normalized spacial score (nSPS) is 18.8. The largest absolute Gasteiger partial charge is 0.399 e. The van der Waals surface area contributed by atoms with Crippen LogP contribution in [0.15, 0.2) is 28.2 Å². The number of nitrogens with two attached hydrogens (primary N) is 1. The highest BCUT2D eigenvalue weighted by molar-refractivity contribution is 6.13. The van der Waals surface area contributed by atoms with Crippen LogP contribution in [0.5, 0.6) is 0 Å². The first-order valence-corrected chi connectivity index (χ1v) is 6.06. The first-order valence-electron chi connectivity index (χ1n) is 6.06. The quantitative estimate of drug-likeness (QED) is 0.747. The van der Waals surface area contributed by atoms with Crippen LogP contribution in [-0.2, 0) is 0 Å². The molecule has 0 aliphatic carbocycles. The molecule has 0 fully saturated rings. The zero-order valence-corrected chi connectivity index (χ0v) is 9.74. The number of benzene rings is 1. The van der Waals surface area contributed by atoms with Gasteiger partial charge in [-0.05, 0) is 25.0 Å². The van der Waals surface area contributed by atoms with Gasteiger partial charge in [0, 0.05) is 35.6 Å². The summed E-state index contributed by atoms with van der Waals surface area (Å²) in [6.45, 7) is 2.70. The van der Waals surface area contributed by atoms with Crippen molar-refractivity contribution in [3.8, 4) is 0 Å². The average Bonchev–Trinajstić information content (AvgIpc) is 3.02. The maximum Gasteiger partial charge on any atom is 0.129 e. The highest BCUT2D eigenvalue weighted by Crippen LogP contribution is 2.20. The van der Waals surface area contributed by atoms with Crippen LogP contribution < -0.4 is 11.1 Å². The molecule has 0 spiro atoms. The van der Waals surface area contributed by atoms with Crippen molar-refractivity contribution in [3.63, 3.8) is 0 Å². The van der Waals surface area contributed by atoms with Crippen LogP contribution in [0.2, 0.25) is 0 Å². The summed E-state index contributed by atoms with van der Waals surface area (Å²) in [6, 6.07) is 6.00. The molecule has 2 aliphatic rings. The van der Waals surface area contributed by atoms with E-state index in [9.17, 15) is 0 Å². The molecule has 0 bridgehead atoms. The highest BCUT2D eigenvalue weighted by atomic mass is 15.1. The third kappa shape index (κ3) is 1.90. The van der Waals surface area contributed by atoms with Gasteiger partial charge in [0.05, 0.1) is 6.54 Å². The molecule has 1 aromatic carbocycles. The highest BCUT2D eigenvalue weighted by Gasteiger charge is 2.18. The van der Waals surface area contributed by atoms with Crippen LogP contribution in [0.3, 0.4) is 0 Å². The van der Waals surface area contributed by atoms with Crippen LogP contribution in [0, 0.1) is 0 Å². The average molecular weight is 228 g/mol. The third-order valence-electron chi connectivity index (χ3n) is 3.16. The molecule has 4 heteroatoms. The minimum absolute atomic E-state index is 0.777. The maximum absolute atomic E-state index is 5.87. The van der Waals surface area contributed by atoms with Gasteiger partial charge in [-0.2, -0.15) is 0 Å². The number of rotatable bonds is 2. The Hall–Kier alpha value is -1.84. The topological polar surface area (TPSA) is 62.8 Å². The fraction of sp³-hybridized carbons (Fsp3) is 0.385. The van der Waals surface area contributed by atoms with Gasteiger partial charge in [0.1, 0.15) is 5.84 Å². The molecule has 1 aromatic rings. The zero-order valence-electron chi connectivity index (χ0n) is 9.74. The van der Waals surface area contributed by atoms with Crippen molar-refractivity contribution >= 4 is 17.2 Å². The Labute approximate surface area is 101 Å². The third-order valence-corrected chi connectivity index (χ3v) is 3.16. The van der Waals surface area contributed by atoms with E-state index in [1.54, 1.807) is 0 Å². The molecule has 0 saturated heterocycles. The van der Waals surface area contributed by atoms with Crippen molar-refractivity contribution in [2.45, 2.75) is 12.8 Å². The Morgan fingerprint density at radius 2 is 2.06 bits per heavy atom. The summed E-state index contributed by atoms with van der Waals surface area (Å²) in [7, 11) is 0. The lowest BCUT2D eigenvalue weighted by Gasteiger charge is -2.11. The first-order chi connectivity index (χ1) is 8.34. The number of hydrogen-bond acceptors (Lipinski definition) is 4. The van der Waals surface area contributed by atoms with Gasteiger partial charge in [-0.1, -0.05) is 6.07 Å². The predicted molar refractivity (Wildman–Crippen MR) is 70.9 cm³/mol. The van der Waals surface area contributed by atoms with Crippen LogP contribution in [-0.4, -0.2) is 31.2 Å². The molecule has 88 valence electrons. The standard InChI is InChI=1S/C13H16N4/c14-9-3-4-10(12-2-1-5-15-12)11(8-9)13-16-6-7-17-13/h3-4,8H,1-2,5-7,14H2,(H,16,17). The van der Waals surface area contributed by atoms with Gasteiger partial charge in [-0.15, -0.1) is 0 Å². The van der Waals surface area contributed by atoms with Gasteiger partial charge in [0.15, 0.2) is 0 Å². The summed E-state index contributed by atoms with van der Waals surface area (Å²) in [4.78, 5) is 9.03. The number of nitrogens with one attached hydrogen (secondary N) is 1. The lowest BCUT2D eigenvalue weighted by molar-refractivity contribution is 0.951. The minimum atomic E-state index is 0.777. The molecule has 0 amide bonds. The molecular formula is C13H16N4. The van der Waals surface area contributed by atoms with Crippen LogP contribution in [0.4, 0.5) is 5.69 Å². The Morgan fingerprint density at radius 1 is 1.12 bits per heavy atom. The van der Waals surface area contributed by atoms with Crippen LogP contribution >= 0.6 is 0 Å². The summed E-state index contributed by atoms with van der Waals surface area (Å²) in [6.07, 6.45) is 2.21. The Kier molecular flexibility index (Phi) is 2.55. The van der Waals surface area contributed by atoms with E-state index in [0.717, 1.165) is 49.6 Å². The van der Waals surface area contributed by atoms with Gasteiger partial charge >= 0.3 is 0 Å². The fourth-order valence-electron chi connectivity index (χ4n) is 2.35. The van der Waals surface area contributed by atoms with Crippen molar-refractivity contribution in [1.82, 2.24) is 5.32 Å². The monoisotopic (exact) mass is 228 g/mol. The Morgan fingerprint density at radius 3 is 2.76 bits per heavy atom. The summed E-state index contributed by atoms with van der Waals surface area (Å²) in [5, 5.41) is 3.30. The van der Waals surface area contributed by atoms with E-state index in [2.05, 4.69) is 21.4 Å². The lowest BCUT2D eigenvalue weighted by Crippen LogP contribution is -2.22. The van der Waals surface area contributed by atoms with Crippen LogP contribution in [0.1, 0.15) is 24.0 Å². The van der Waals surface area contributed by atoms with Crippen LogP contribution in [0.25, 0.3) is 0 Å². The smallest absolute Gasteiger partial charge is 0.129 e. The number of aliphatic imine (C=N–C) groups is 2. The molecule has 0 aromatic heterocycles. The van der Waals surface area contributed by atoms with Gasteiger partial charge in [-0.3, -0.25) is 9.98 Å². The predicted octanol–water partition coefficient (Wildman–Crippen LogP) is 1.20. The summed E-state index contributed by atoms with van der Waals surface area (Å²) in [5.41, 5.74) is 10.1. The number of anilines is 1. The van der Waals surface area contributed by atoms with E-state index in [4.69, 9.17) is 5.73 Å². The Balaban J connectivity index is 2.07. The van der Waals surface area contributed by atoms with E-state index >= 15 is 0 Å². The van der Waals surface area contributed by atoms with E-state index in [-0.39, 0.29) is 0 Å². The second-order valence-corrected chi connectivity index (χ2v) is 4.39. The molecule has 4 nitrogen and oxygen atoms in total. The number of nitrogen functional groups attached to an aromatic ring is 1. The molecule has 17 heavy (non-hydrogen) atoms. The minimum Gasteiger partial charge on any atom is -0.399 e. The van der Waals surface area contributed by atoms with Crippen molar-refractivity contribution in [3.05, 3.63) is 29.3 Å². The SMILES string of the molecule is Nc1ccc(C2=NCCC2)c(C2=NCCN2)c1. The molecule has 0 unspecified atom stereocenters. The number of amidine groups is 1. The van der Waals surface area contributed by atoms with Gasteiger partial charge in [0.2, 0.25) is 0 Å². The number of hydrogen-bond donors (Lipinski definition) is 2.